The zero-order valence-corrected chi connectivity index (χ0v) is 13.6. The molecular formula is C17H17ClN2O3. The van der Waals surface area contributed by atoms with Crippen LogP contribution in [0.3, 0.4) is 0 Å². The van der Waals surface area contributed by atoms with Gasteiger partial charge in [-0.25, -0.2) is 0 Å². The van der Waals surface area contributed by atoms with E-state index in [4.69, 9.17) is 16.3 Å². The van der Waals surface area contributed by atoms with E-state index in [0.717, 1.165) is 0 Å². The molecule has 0 atom stereocenters. The number of carbonyl (C=O) groups is 2. The standard InChI is InChI=1S/C17H17ClN2O3/c1-20(14-7-4-8-15(10-14)23-2)17(22)12-5-3-6-13(9-12)19-16(21)11-18/h3-10H,11H2,1-2H3,(H,19,21). The van der Waals surface area contributed by atoms with Crippen molar-refractivity contribution in [1.82, 2.24) is 0 Å². The minimum atomic E-state index is -0.322. The first-order valence-corrected chi connectivity index (χ1v) is 7.46. The Balaban J connectivity index is 2.22. The SMILES string of the molecule is COc1cccc(N(C)C(=O)c2cccc(NC(=O)CCl)c2)c1. The van der Waals surface area contributed by atoms with Gasteiger partial charge >= 0.3 is 0 Å². The second-order valence-corrected chi connectivity index (χ2v) is 5.10. The highest BCUT2D eigenvalue weighted by atomic mass is 35.5. The topological polar surface area (TPSA) is 58.6 Å². The molecule has 0 aliphatic carbocycles. The molecule has 0 aliphatic rings. The van der Waals surface area contributed by atoms with Crippen LogP contribution in [0.5, 0.6) is 5.75 Å². The van der Waals surface area contributed by atoms with Crippen LogP contribution in [0.1, 0.15) is 10.4 Å². The molecule has 0 spiro atoms. The highest BCUT2D eigenvalue weighted by Gasteiger charge is 2.14. The number of amides is 2. The molecule has 1 N–H and O–H groups in total. The van der Waals surface area contributed by atoms with Crippen molar-refractivity contribution >= 4 is 34.8 Å². The third kappa shape index (κ3) is 4.23. The summed E-state index contributed by atoms with van der Waals surface area (Å²) in [5.41, 5.74) is 1.70. The summed E-state index contributed by atoms with van der Waals surface area (Å²) >= 11 is 5.46. The molecule has 0 unspecified atom stereocenters. The Morgan fingerprint density at radius 3 is 2.61 bits per heavy atom. The van der Waals surface area contributed by atoms with Gasteiger partial charge in [0, 0.05) is 30.1 Å². The summed E-state index contributed by atoms with van der Waals surface area (Å²) in [7, 11) is 3.26. The molecule has 23 heavy (non-hydrogen) atoms. The average Bonchev–Trinajstić information content (AvgIpc) is 2.60. The van der Waals surface area contributed by atoms with E-state index in [9.17, 15) is 9.59 Å². The van der Waals surface area contributed by atoms with E-state index in [-0.39, 0.29) is 17.7 Å². The van der Waals surface area contributed by atoms with Crippen LogP contribution in [0, 0.1) is 0 Å². The Morgan fingerprint density at radius 2 is 1.91 bits per heavy atom. The summed E-state index contributed by atoms with van der Waals surface area (Å²) < 4.78 is 5.17. The quantitative estimate of drug-likeness (QED) is 0.856. The lowest BCUT2D eigenvalue weighted by Gasteiger charge is -2.18. The van der Waals surface area contributed by atoms with E-state index in [1.54, 1.807) is 44.5 Å². The molecular weight excluding hydrogens is 316 g/mol. The van der Waals surface area contributed by atoms with Crippen LogP contribution in [-0.2, 0) is 4.79 Å². The first-order valence-electron chi connectivity index (χ1n) is 6.93. The third-order valence-electron chi connectivity index (χ3n) is 3.26. The van der Waals surface area contributed by atoms with Crippen LogP contribution in [0.2, 0.25) is 0 Å². The van der Waals surface area contributed by atoms with Gasteiger partial charge in [0.15, 0.2) is 0 Å². The molecule has 0 radical (unpaired) electrons. The van der Waals surface area contributed by atoms with Crippen molar-refractivity contribution in [2.24, 2.45) is 0 Å². The summed E-state index contributed by atoms with van der Waals surface area (Å²) in [4.78, 5) is 25.5. The molecule has 0 heterocycles. The lowest BCUT2D eigenvalue weighted by Crippen LogP contribution is -2.26. The van der Waals surface area contributed by atoms with Gasteiger partial charge in [0.25, 0.3) is 5.91 Å². The highest BCUT2D eigenvalue weighted by molar-refractivity contribution is 6.29. The van der Waals surface area contributed by atoms with Crippen molar-refractivity contribution < 1.29 is 14.3 Å². The fraction of sp³-hybridized carbons (Fsp3) is 0.176. The maximum Gasteiger partial charge on any atom is 0.258 e. The van der Waals surface area contributed by atoms with Crippen LogP contribution in [0.15, 0.2) is 48.5 Å². The molecule has 6 heteroatoms. The fourth-order valence-corrected chi connectivity index (χ4v) is 2.12. The number of benzene rings is 2. The van der Waals surface area contributed by atoms with Crippen LogP contribution in [-0.4, -0.2) is 31.9 Å². The third-order valence-corrected chi connectivity index (χ3v) is 3.50. The average molecular weight is 333 g/mol. The van der Waals surface area contributed by atoms with Crippen LogP contribution in [0.4, 0.5) is 11.4 Å². The van der Waals surface area contributed by atoms with Crippen molar-refractivity contribution in [3.8, 4) is 5.75 Å². The number of alkyl halides is 1. The predicted octanol–water partition coefficient (Wildman–Crippen LogP) is 3.15. The lowest BCUT2D eigenvalue weighted by molar-refractivity contribution is -0.113. The molecule has 5 nitrogen and oxygen atoms in total. The van der Waals surface area contributed by atoms with Crippen molar-refractivity contribution in [3.63, 3.8) is 0 Å². The summed E-state index contributed by atoms with van der Waals surface area (Å²) in [6.45, 7) is 0. The van der Waals surface area contributed by atoms with Gasteiger partial charge in [-0.2, -0.15) is 0 Å². The Labute approximate surface area is 139 Å². The molecule has 2 amide bonds. The maximum absolute atomic E-state index is 12.6. The molecule has 0 saturated carbocycles. The van der Waals surface area contributed by atoms with Gasteiger partial charge in [-0.05, 0) is 30.3 Å². The van der Waals surface area contributed by atoms with Crippen molar-refractivity contribution in [2.75, 3.05) is 30.3 Å². The molecule has 0 saturated heterocycles. The summed E-state index contributed by atoms with van der Waals surface area (Å²) in [5, 5.41) is 2.62. The Morgan fingerprint density at radius 1 is 1.17 bits per heavy atom. The second kappa shape index (κ2) is 7.65. The van der Waals surface area contributed by atoms with Crippen LogP contribution < -0.4 is 15.0 Å². The number of rotatable bonds is 5. The van der Waals surface area contributed by atoms with Gasteiger partial charge in [0.05, 0.1) is 7.11 Å². The summed E-state index contributed by atoms with van der Waals surface area (Å²) in [5.74, 6) is 0.0185. The second-order valence-electron chi connectivity index (χ2n) is 4.83. The zero-order valence-electron chi connectivity index (χ0n) is 12.9. The summed E-state index contributed by atoms with van der Waals surface area (Å²) in [6, 6.07) is 13.9. The van der Waals surface area contributed by atoms with Gasteiger partial charge in [0.2, 0.25) is 5.91 Å². The monoisotopic (exact) mass is 332 g/mol. The number of hydrogen-bond donors (Lipinski definition) is 1. The van der Waals surface area contributed by atoms with E-state index in [0.29, 0.717) is 22.7 Å². The van der Waals surface area contributed by atoms with Gasteiger partial charge < -0.3 is 15.0 Å². The number of hydrogen-bond acceptors (Lipinski definition) is 3. The van der Waals surface area contributed by atoms with Gasteiger partial charge in [-0.3, -0.25) is 9.59 Å². The van der Waals surface area contributed by atoms with E-state index < -0.39 is 0 Å². The van der Waals surface area contributed by atoms with Gasteiger partial charge in [-0.1, -0.05) is 12.1 Å². The zero-order chi connectivity index (χ0) is 16.8. The number of anilines is 2. The minimum Gasteiger partial charge on any atom is -0.497 e. The number of nitrogens with zero attached hydrogens (tertiary/aromatic N) is 1. The fourth-order valence-electron chi connectivity index (χ4n) is 2.05. The highest BCUT2D eigenvalue weighted by Crippen LogP contribution is 2.22. The maximum atomic E-state index is 12.6. The largest absolute Gasteiger partial charge is 0.497 e. The molecule has 0 bridgehead atoms. The number of methoxy groups -OCH3 is 1. The predicted molar refractivity (Wildman–Crippen MR) is 91.5 cm³/mol. The van der Waals surface area contributed by atoms with E-state index in [1.165, 1.54) is 4.90 Å². The molecule has 2 aromatic rings. The molecule has 2 aromatic carbocycles. The molecule has 2 rings (SSSR count). The van der Waals surface area contributed by atoms with Crippen LogP contribution in [0.25, 0.3) is 0 Å². The van der Waals surface area contributed by atoms with Gasteiger partial charge in [0.1, 0.15) is 11.6 Å². The number of carbonyl (C=O) groups excluding carboxylic acids is 2. The smallest absolute Gasteiger partial charge is 0.258 e. The minimum absolute atomic E-state index is 0.137. The Kier molecular flexibility index (Phi) is 5.60. The van der Waals surface area contributed by atoms with Gasteiger partial charge in [-0.15, -0.1) is 11.6 Å². The molecule has 120 valence electrons. The van der Waals surface area contributed by atoms with Crippen LogP contribution >= 0.6 is 11.6 Å². The lowest BCUT2D eigenvalue weighted by atomic mass is 10.1. The first kappa shape index (κ1) is 16.8. The van der Waals surface area contributed by atoms with Crippen molar-refractivity contribution in [2.45, 2.75) is 0 Å². The summed E-state index contributed by atoms with van der Waals surface area (Å²) in [6.07, 6.45) is 0. The molecule has 0 aliphatic heterocycles. The van der Waals surface area contributed by atoms with E-state index in [1.807, 2.05) is 18.2 Å². The van der Waals surface area contributed by atoms with E-state index >= 15 is 0 Å². The Hall–Kier alpha value is -2.53. The number of halogens is 1. The van der Waals surface area contributed by atoms with Crippen molar-refractivity contribution in [3.05, 3.63) is 54.1 Å². The van der Waals surface area contributed by atoms with Crippen molar-refractivity contribution in [1.29, 1.82) is 0 Å². The van der Waals surface area contributed by atoms with E-state index in [2.05, 4.69) is 5.32 Å². The Bertz CT molecular complexity index is 718. The normalized spacial score (nSPS) is 10.0. The first-order chi connectivity index (χ1) is 11.0. The number of nitrogens with one attached hydrogen (secondary N) is 1. The molecule has 0 fully saturated rings. The molecule has 0 aromatic heterocycles. The number of ether oxygens (including phenoxy) is 1.